The summed E-state index contributed by atoms with van der Waals surface area (Å²) in [5.74, 6) is -1.13. The first-order valence-corrected chi connectivity index (χ1v) is 8.27. The van der Waals surface area contributed by atoms with E-state index >= 15 is 0 Å². The van der Waals surface area contributed by atoms with Gasteiger partial charge in [0.15, 0.2) is 6.61 Å². The minimum absolute atomic E-state index is 0.0206. The Morgan fingerprint density at radius 2 is 1.81 bits per heavy atom. The zero-order valence-electron chi connectivity index (χ0n) is 14.4. The second-order valence-corrected chi connectivity index (χ2v) is 5.72. The lowest BCUT2D eigenvalue weighted by Gasteiger charge is -2.07. The fourth-order valence-corrected chi connectivity index (χ4v) is 2.33. The maximum Gasteiger partial charge on any atom is 0.312 e. The summed E-state index contributed by atoms with van der Waals surface area (Å²) >= 11 is 0. The summed E-state index contributed by atoms with van der Waals surface area (Å²) in [6, 6.07) is 15.4. The van der Waals surface area contributed by atoms with Gasteiger partial charge in [0, 0.05) is 17.7 Å². The highest BCUT2D eigenvalue weighted by molar-refractivity contribution is 5.81. The summed E-state index contributed by atoms with van der Waals surface area (Å²) < 4.78 is 23.7. The van der Waals surface area contributed by atoms with Crippen molar-refractivity contribution in [2.45, 2.75) is 13.0 Å². The van der Waals surface area contributed by atoms with Crippen LogP contribution in [0.2, 0.25) is 0 Å². The van der Waals surface area contributed by atoms with Gasteiger partial charge in [-0.2, -0.15) is 0 Å². The first-order chi connectivity index (χ1) is 13.1. The molecular formula is C20H17FN2O4. The van der Waals surface area contributed by atoms with E-state index in [0.717, 1.165) is 5.56 Å². The molecule has 0 atom stereocenters. The van der Waals surface area contributed by atoms with Gasteiger partial charge in [0.25, 0.3) is 5.91 Å². The highest BCUT2D eigenvalue weighted by atomic mass is 19.1. The Morgan fingerprint density at radius 1 is 1.07 bits per heavy atom. The maximum atomic E-state index is 13.5. The number of esters is 1. The third kappa shape index (κ3) is 5.24. The highest BCUT2D eigenvalue weighted by Crippen LogP contribution is 2.18. The van der Waals surface area contributed by atoms with Gasteiger partial charge in [0.05, 0.1) is 12.1 Å². The summed E-state index contributed by atoms with van der Waals surface area (Å²) in [6.07, 6.45) is 1.26. The zero-order valence-corrected chi connectivity index (χ0v) is 14.4. The number of aromatic nitrogens is 1. The lowest BCUT2D eigenvalue weighted by atomic mass is 10.2. The Morgan fingerprint density at radius 3 is 2.59 bits per heavy atom. The molecule has 1 amide bonds. The van der Waals surface area contributed by atoms with Crippen molar-refractivity contribution in [2.75, 3.05) is 6.61 Å². The quantitative estimate of drug-likeness (QED) is 0.649. The second-order valence-electron chi connectivity index (χ2n) is 5.72. The van der Waals surface area contributed by atoms with E-state index < -0.39 is 24.3 Å². The Labute approximate surface area is 155 Å². The SMILES string of the molecule is O=C(COC(=O)Cc1coc(-c2ccccc2)n1)NCc1ccccc1F. The van der Waals surface area contributed by atoms with Crippen LogP contribution in [-0.2, 0) is 27.3 Å². The molecule has 3 rings (SSSR count). The number of ether oxygens (including phenoxy) is 1. The minimum atomic E-state index is -0.607. The predicted octanol–water partition coefficient (Wildman–Crippen LogP) is 2.88. The molecule has 0 aliphatic carbocycles. The van der Waals surface area contributed by atoms with Crippen molar-refractivity contribution in [2.24, 2.45) is 0 Å². The molecule has 0 radical (unpaired) electrons. The molecule has 0 saturated carbocycles. The van der Waals surface area contributed by atoms with E-state index in [0.29, 0.717) is 17.1 Å². The number of halogens is 1. The molecule has 1 N–H and O–H groups in total. The summed E-state index contributed by atoms with van der Waals surface area (Å²) in [5, 5.41) is 2.49. The number of carbonyl (C=O) groups excluding carboxylic acids is 2. The largest absolute Gasteiger partial charge is 0.455 e. The third-order valence-electron chi connectivity index (χ3n) is 3.70. The van der Waals surface area contributed by atoms with Gasteiger partial charge in [-0.25, -0.2) is 9.37 Å². The van der Waals surface area contributed by atoms with Crippen LogP contribution in [0.25, 0.3) is 11.5 Å². The Kier molecular flexibility index (Phi) is 5.94. The van der Waals surface area contributed by atoms with E-state index in [2.05, 4.69) is 10.3 Å². The summed E-state index contributed by atoms with van der Waals surface area (Å²) in [5.41, 5.74) is 1.56. The van der Waals surface area contributed by atoms with Crippen LogP contribution in [0.4, 0.5) is 4.39 Å². The van der Waals surface area contributed by atoms with Crippen LogP contribution in [0.3, 0.4) is 0 Å². The van der Waals surface area contributed by atoms with E-state index in [1.54, 1.807) is 18.2 Å². The average molecular weight is 368 g/mol. The van der Waals surface area contributed by atoms with Crippen molar-refractivity contribution in [1.29, 1.82) is 0 Å². The topological polar surface area (TPSA) is 81.4 Å². The van der Waals surface area contributed by atoms with Crippen LogP contribution in [0.1, 0.15) is 11.3 Å². The fraction of sp³-hybridized carbons (Fsp3) is 0.150. The molecule has 1 heterocycles. The van der Waals surface area contributed by atoms with Gasteiger partial charge in [-0.3, -0.25) is 9.59 Å². The van der Waals surface area contributed by atoms with Gasteiger partial charge in [-0.15, -0.1) is 0 Å². The fourth-order valence-electron chi connectivity index (χ4n) is 2.33. The molecule has 0 spiro atoms. The molecule has 2 aromatic carbocycles. The van der Waals surface area contributed by atoms with Gasteiger partial charge < -0.3 is 14.5 Å². The molecule has 3 aromatic rings. The minimum Gasteiger partial charge on any atom is -0.455 e. The van der Waals surface area contributed by atoms with Crippen molar-refractivity contribution in [1.82, 2.24) is 10.3 Å². The van der Waals surface area contributed by atoms with Crippen molar-refractivity contribution in [3.05, 3.63) is 77.9 Å². The highest BCUT2D eigenvalue weighted by Gasteiger charge is 2.13. The van der Waals surface area contributed by atoms with Gasteiger partial charge >= 0.3 is 5.97 Å². The maximum absolute atomic E-state index is 13.5. The molecule has 6 nitrogen and oxygen atoms in total. The average Bonchev–Trinajstić information content (AvgIpc) is 3.15. The summed E-state index contributed by atoms with van der Waals surface area (Å²) in [6.45, 7) is -0.427. The molecule has 0 unspecified atom stereocenters. The smallest absolute Gasteiger partial charge is 0.312 e. The van der Waals surface area contributed by atoms with E-state index in [9.17, 15) is 14.0 Å². The van der Waals surface area contributed by atoms with E-state index in [4.69, 9.17) is 9.15 Å². The second kappa shape index (κ2) is 8.75. The van der Waals surface area contributed by atoms with Crippen molar-refractivity contribution in [3.63, 3.8) is 0 Å². The van der Waals surface area contributed by atoms with Crippen molar-refractivity contribution < 1.29 is 23.1 Å². The number of hydrogen-bond donors (Lipinski definition) is 1. The van der Waals surface area contributed by atoms with Crippen LogP contribution in [0.5, 0.6) is 0 Å². The van der Waals surface area contributed by atoms with Gasteiger partial charge in [-0.1, -0.05) is 36.4 Å². The van der Waals surface area contributed by atoms with E-state index in [1.807, 2.05) is 30.3 Å². The molecule has 0 aliphatic rings. The molecule has 0 aliphatic heterocycles. The van der Waals surface area contributed by atoms with Crippen molar-refractivity contribution >= 4 is 11.9 Å². The molecule has 0 saturated heterocycles. The number of nitrogens with one attached hydrogen (secondary N) is 1. The zero-order chi connectivity index (χ0) is 19.1. The predicted molar refractivity (Wildman–Crippen MR) is 94.8 cm³/mol. The normalized spacial score (nSPS) is 10.4. The van der Waals surface area contributed by atoms with Crippen molar-refractivity contribution in [3.8, 4) is 11.5 Å². The summed E-state index contributed by atoms with van der Waals surface area (Å²) in [7, 11) is 0. The number of hydrogen-bond acceptors (Lipinski definition) is 5. The lowest BCUT2D eigenvalue weighted by molar-refractivity contribution is -0.148. The number of carbonyl (C=O) groups is 2. The molecule has 0 bridgehead atoms. The number of rotatable bonds is 7. The lowest BCUT2D eigenvalue weighted by Crippen LogP contribution is -2.29. The number of oxazole rings is 1. The number of amides is 1. The van der Waals surface area contributed by atoms with E-state index in [-0.39, 0.29) is 13.0 Å². The molecule has 138 valence electrons. The molecular weight excluding hydrogens is 351 g/mol. The molecule has 27 heavy (non-hydrogen) atoms. The van der Waals surface area contributed by atoms with Crippen LogP contribution in [0.15, 0.2) is 65.3 Å². The monoisotopic (exact) mass is 368 g/mol. The number of nitrogens with zero attached hydrogens (tertiary/aromatic N) is 1. The van der Waals surface area contributed by atoms with Gasteiger partial charge in [0.1, 0.15) is 12.1 Å². The number of benzene rings is 2. The van der Waals surface area contributed by atoms with E-state index in [1.165, 1.54) is 12.3 Å². The van der Waals surface area contributed by atoms with Gasteiger partial charge in [0.2, 0.25) is 5.89 Å². The Bertz CT molecular complexity index is 924. The van der Waals surface area contributed by atoms with Crippen LogP contribution in [-0.4, -0.2) is 23.5 Å². The van der Waals surface area contributed by atoms with Crippen LogP contribution < -0.4 is 5.32 Å². The third-order valence-corrected chi connectivity index (χ3v) is 3.70. The van der Waals surface area contributed by atoms with Gasteiger partial charge in [-0.05, 0) is 18.2 Å². The van der Waals surface area contributed by atoms with Crippen LogP contribution in [0, 0.1) is 5.82 Å². The molecule has 1 aromatic heterocycles. The summed E-state index contributed by atoms with van der Waals surface area (Å²) in [4.78, 5) is 27.8. The van der Waals surface area contributed by atoms with Crippen LogP contribution >= 0.6 is 0 Å². The first-order valence-electron chi connectivity index (χ1n) is 8.27. The molecule has 0 fully saturated rings. The first kappa shape index (κ1) is 18.3. The Balaban J connectivity index is 1.44. The molecule has 7 heteroatoms. The Hall–Kier alpha value is -3.48. The standard InChI is InChI=1S/C20H17FN2O4/c21-17-9-5-4-8-15(17)11-22-18(24)13-26-19(25)10-16-12-27-20(23-16)14-6-2-1-3-7-14/h1-9,12H,10-11,13H2,(H,22,24).